The number of hydrogen-bond donors (Lipinski definition) is 2. The first kappa shape index (κ1) is 97.9. The molecule has 0 aliphatic heterocycles. The molecule has 0 heterocycles. The third kappa shape index (κ3) is 46.1. The molecule has 0 N–H and O–H groups in total. The van der Waals surface area contributed by atoms with Crippen LogP contribution in [0.15, 0.2) is 23.8 Å². The SMILES string of the molecule is C.C.C.C.C#[Si]CC(C)C1CCC(C)C(CC2CC(C(C)CC)CCC2C)C1.C#[Si]CC1CCCCC1.CCC.CCC(C)C1CC=C(C)CC1.CCC(C)C1CCC(C)C(S)C1.CCC1CC=CCC1.CCC1CCCCC1.CCC1CCCCC1.CS. The molecule has 8 rings (SSSR count). The van der Waals surface area contributed by atoms with Gasteiger partial charge in [0.2, 0.25) is 0 Å². The van der Waals surface area contributed by atoms with Crippen LogP contribution in [0, 0.1) is 113 Å². The van der Waals surface area contributed by atoms with Crippen molar-refractivity contribution in [2.45, 2.75) is 402 Å². The highest BCUT2D eigenvalue weighted by atomic mass is 32.1. The maximum atomic E-state index is 5.85. The van der Waals surface area contributed by atoms with E-state index in [4.69, 9.17) is 12.0 Å². The Morgan fingerprint density at radius 2 is 0.843 bits per heavy atom. The lowest BCUT2D eigenvalue weighted by Crippen LogP contribution is -2.32. The summed E-state index contributed by atoms with van der Waals surface area (Å²) in [5, 5.41) is 0.665. The van der Waals surface area contributed by atoms with Gasteiger partial charge >= 0.3 is 0 Å². The fourth-order valence-corrected chi connectivity index (χ4v) is 17.5. The van der Waals surface area contributed by atoms with Crippen molar-refractivity contribution in [2.24, 2.45) is 101 Å². The van der Waals surface area contributed by atoms with Crippen LogP contribution in [0.25, 0.3) is 0 Å². The van der Waals surface area contributed by atoms with Gasteiger partial charge in [-0.25, -0.2) is 0 Å². The molecule has 15 atom stereocenters. The summed E-state index contributed by atoms with van der Waals surface area (Å²) in [6.07, 6.45) is 63.3. The molecule has 532 valence electrons. The Morgan fingerprint density at radius 1 is 0.449 bits per heavy atom. The van der Waals surface area contributed by atoms with E-state index in [0.717, 1.165) is 101 Å². The zero-order valence-corrected chi connectivity index (χ0v) is 64.7. The molecule has 0 amide bonds. The molecule has 0 bridgehead atoms. The van der Waals surface area contributed by atoms with Gasteiger partial charge in [0.15, 0.2) is 0 Å². The van der Waals surface area contributed by atoms with Crippen LogP contribution in [0.2, 0.25) is 12.1 Å². The Labute approximate surface area is 583 Å². The Hall–Kier alpha value is 0.174. The maximum absolute atomic E-state index is 5.85. The lowest BCUT2D eigenvalue weighted by molar-refractivity contribution is 0.0826. The van der Waals surface area contributed by atoms with Crippen molar-refractivity contribution in [2.75, 3.05) is 6.26 Å². The zero-order chi connectivity index (χ0) is 63.8. The van der Waals surface area contributed by atoms with Crippen LogP contribution in [-0.2, 0) is 0 Å². The summed E-state index contributed by atoms with van der Waals surface area (Å²) in [6, 6.07) is 13.9. The Kier molecular flexibility index (Phi) is 70.6. The molecule has 8 aliphatic carbocycles. The van der Waals surface area contributed by atoms with Crippen molar-refractivity contribution in [1.29, 1.82) is 0 Å². The van der Waals surface area contributed by atoms with E-state index in [1.54, 1.807) is 11.8 Å². The number of hydrogen-bond acceptors (Lipinski definition) is 2. The van der Waals surface area contributed by atoms with Gasteiger partial charge in [0, 0.05) is 5.25 Å². The van der Waals surface area contributed by atoms with Crippen LogP contribution in [0.5, 0.6) is 0 Å². The average molecular weight is 1310 g/mol. The molecule has 0 saturated heterocycles. The van der Waals surface area contributed by atoms with Gasteiger partial charge in [-0.15, -0.1) is 0 Å². The summed E-state index contributed by atoms with van der Waals surface area (Å²) in [4.78, 5) is 0. The van der Waals surface area contributed by atoms with Crippen molar-refractivity contribution in [3.05, 3.63) is 23.8 Å². The summed E-state index contributed by atoms with van der Waals surface area (Å²) in [7, 11) is 1.33. The predicted molar refractivity (Wildman–Crippen MR) is 428 cm³/mol. The molecule has 4 heteroatoms. The Bertz CT molecular complexity index is 1600. The molecular weight excluding hydrogens is 1140 g/mol. The van der Waals surface area contributed by atoms with Gasteiger partial charge in [0.05, 0.1) is 0 Å². The molecule has 0 nitrogen and oxygen atoms in total. The van der Waals surface area contributed by atoms with Gasteiger partial charge in [-0.05, 0) is 234 Å². The highest BCUT2D eigenvalue weighted by Gasteiger charge is 2.36. The molecule has 0 aromatic rings. The lowest BCUT2D eigenvalue weighted by Gasteiger charge is -2.43. The van der Waals surface area contributed by atoms with Gasteiger partial charge in [-0.2, -0.15) is 37.3 Å². The zero-order valence-electron chi connectivity index (χ0n) is 61.0. The van der Waals surface area contributed by atoms with E-state index in [1.807, 2.05) is 0 Å². The predicted octanol–water partition coefficient (Wildman–Crippen LogP) is 29.9. The van der Waals surface area contributed by atoms with Gasteiger partial charge in [0.25, 0.3) is 0 Å². The van der Waals surface area contributed by atoms with E-state index in [1.165, 1.54) is 256 Å². The molecular formula is C85H172S2Si2. The monoisotopic (exact) mass is 1310 g/mol. The van der Waals surface area contributed by atoms with Crippen LogP contribution in [0.3, 0.4) is 0 Å². The van der Waals surface area contributed by atoms with Gasteiger partial charge in [-0.3, -0.25) is 0 Å². The van der Waals surface area contributed by atoms with Crippen LogP contribution in [-0.4, -0.2) is 29.4 Å². The third-order valence-electron chi connectivity index (χ3n) is 23.6. The fourth-order valence-electron chi connectivity index (χ4n) is 15.7. The van der Waals surface area contributed by atoms with E-state index < -0.39 is 0 Å². The first-order valence-corrected chi connectivity index (χ1v) is 42.3. The Balaban J connectivity index is -0.000000315. The summed E-state index contributed by atoms with van der Waals surface area (Å²) in [5.41, 5.74) is 1.60. The number of thiol groups is 2. The molecule has 15 unspecified atom stereocenters. The highest BCUT2D eigenvalue weighted by molar-refractivity contribution is 7.81. The first-order valence-electron chi connectivity index (χ1n) is 38.3. The largest absolute Gasteiger partial charge is 0.183 e. The summed E-state index contributed by atoms with van der Waals surface area (Å²) < 4.78 is 0. The highest BCUT2D eigenvalue weighted by Crippen LogP contribution is 2.47. The summed E-state index contributed by atoms with van der Waals surface area (Å²) in [5.74, 6) is 16.4. The quantitative estimate of drug-likeness (QED) is 0.0967. The van der Waals surface area contributed by atoms with Gasteiger partial charge in [0.1, 0.15) is 0 Å². The van der Waals surface area contributed by atoms with Crippen LogP contribution >= 0.6 is 25.3 Å². The molecule has 0 spiro atoms. The van der Waals surface area contributed by atoms with Crippen LogP contribution in [0.1, 0.15) is 384 Å². The first-order chi connectivity index (χ1) is 41.0. The van der Waals surface area contributed by atoms with Gasteiger partial charge < -0.3 is 0 Å². The second-order valence-electron chi connectivity index (χ2n) is 30.1. The van der Waals surface area contributed by atoms with E-state index in [-0.39, 0.29) is 29.7 Å². The molecule has 0 aromatic carbocycles. The minimum absolute atomic E-state index is 0. The third-order valence-corrected chi connectivity index (χ3v) is 26.0. The van der Waals surface area contributed by atoms with E-state index >= 15 is 0 Å². The number of rotatable bonds is 14. The topological polar surface area (TPSA) is 0 Å². The second kappa shape index (κ2) is 64.2. The molecule has 89 heavy (non-hydrogen) atoms. The Morgan fingerprint density at radius 3 is 1.17 bits per heavy atom. The normalized spacial score (nSPS) is 28.7. The lowest BCUT2D eigenvalue weighted by atomic mass is 9.63. The molecule has 8 aliphatic rings. The smallest absolute Gasteiger partial charge is 0.00451 e. The standard InChI is InChI=1S/C23H42Si.C11H22S.C11H20.C8H14Si.2C8H16.C8H14.C3H8.CH4S.4CH4/c1-7-16(2)20-10-8-17(3)22(12-20)14-23-13-21(11-9-18(23)4)19(5)15-24-6;1-4-8(2)10-6-5-9(3)11(12)7-10;1-4-10(3)11-7-5-9(2)6-8-11;1-9-7-8-5-3-2-4-6-8;3*1-2-8-6-4-3-5-7-8;1-3-2;1-2;;;;/h6,16-23H,7-15H2,1-5H3;8-12H,4-7H2,1-3H3;5,10-11H,4,6-8H2,1-3H3;1,8H,2-7H2;2*8H,2-7H2,1H3;3-4,8H,2,5-7H2,1H3;3H2,1-2H3;2H,1H3;4*1H4. The van der Waals surface area contributed by atoms with Crippen molar-refractivity contribution in [1.82, 2.24) is 0 Å². The minimum Gasteiger partial charge on any atom is -0.183 e. The van der Waals surface area contributed by atoms with E-state index in [0.29, 0.717) is 23.2 Å². The van der Waals surface area contributed by atoms with E-state index in [2.05, 4.69) is 154 Å². The van der Waals surface area contributed by atoms with Crippen molar-refractivity contribution in [3.63, 3.8) is 0 Å². The van der Waals surface area contributed by atoms with Crippen LogP contribution < -0.4 is 0 Å². The van der Waals surface area contributed by atoms with E-state index in [9.17, 15) is 0 Å². The van der Waals surface area contributed by atoms with Crippen LogP contribution in [0.4, 0.5) is 0 Å². The molecule has 0 aromatic heterocycles. The average Bonchev–Trinajstić information content (AvgIpc) is 2.78. The van der Waals surface area contributed by atoms with Crippen molar-refractivity contribution in [3.8, 4) is 12.0 Å². The maximum Gasteiger partial charge on any atom is 0.00451 e. The summed E-state index contributed by atoms with van der Waals surface area (Å²) in [6.45, 7) is 37.5. The fraction of sp³-hybridized carbons (Fsp3) is 0.929. The minimum atomic E-state index is 0. The molecule has 0 radical (unpaired) electrons. The van der Waals surface area contributed by atoms with Crippen molar-refractivity contribution >= 4 is 43.2 Å². The summed E-state index contributed by atoms with van der Waals surface area (Å²) >= 11 is 8.18. The van der Waals surface area contributed by atoms with Gasteiger partial charge in [-0.1, -0.05) is 311 Å². The van der Waals surface area contributed by atoms with Crippen molar-refractivity contribution < 1.29 is 0 Å². The molecule has 6 saturated carbocycles. The second-order valence-corrected chi connectivity index (χ2v) is 32.4. The number of allylic oxidation sites excluding steroid dienone is 4. The molecule has 6 fully saturated rings.